The van der Waals surface area contributed by atoms with Gasteiger partial charge in [0.2, 0.25) is 0 Å². The molecule has 0 saturated heterocycles. The summed E-state index contributed by atoms with van der Waals surface area (Å²) in [4.78, 5) is 12.8. The monoisotopic (exact) mass is 259 g/mol. The van der Waals surface area contributed by atoms with Crippen LogP contribution < -0.4 is 10.5 Å². The maximum atomic E-state index is 12.8. The van der Waals surface area contributed by atoms with Crippen molar-refractivity contribution >= 4 is 5.78 Å². The van der Waals surface area contributed by atoms with E-state index in [-0.39, 0.29) is 11.7 Å². The van der Waals surface area contributed by atoms with Crippen LogP contribution in [0.3, 0.4) is 0 Å². The van der Waals surface area contributed by atoms with Gasteiger partial charge in [-0.2, -0.15) is 0 Å². The van der Waals surface area contributed by atoms with E-state index >= 15 is 0 Å². The Kier molecular flexibility index (Phi) is 3.56. The summed E-state index contributed by atoms with van der Waals surface area (Å²) < 4.78 is 5.66. The third-order valence-electron chi connectivity index (χ3n) is 4.53. The van der Waals surface area contributed by atoms with Gasteiger partial charge in [0.1, 0.15) is 5.75 Å². The fourth-order valence-corrected chi connectivity index (χ4v) is 3.44. The number of nitrogens with two attached hydrogens (primary N) is 1. The van der Waals surface area contributed by atoms with Gasteiger partial charge in [-0.15, -0.1) is 0 Å². The molecule has 3 heteroatoms. The minimum atomic E-state index is 0.0921. The molecule has 1 saturated carbocycles. The van der Waals surface area contributed by atoms with Gasteiger partial charge in [-0.25, -0.2) is 0 Å². The van der Waals surface area contributed by atoms with E-state index in [1.54, 1.807) is 0 Å². The molecule has 0 radical (unpaired) electrons. The first-order valence-corrected chi connectivity index (χ1v) is 7.30. The second kappa shape index (κ2) is 5.33. The van der Waals surface area contributed by atoms with E-state index in [0.29, 0.717) is 19.1 Å². The van der Waals surface area contributed by atoms with E-state index in [9.17, 15) is 4.79 Å². The van der Waals surface area contributed by atoms with Crippen LogP contribution in [0, 0.1) is 11.8 Å². The molecular weight excluding hydrogens is 238 g/mol. The molecule has 2 atom stereocenters. The Bertz CT molecular complexity index is 484. The highest BCUT2D eigenvalue weighted by atomic mass is 16.5. The standard InChI is InChI=1S/C16H21NO2/c17-10-12-4-1-2-6-13(12)15(18)14-7-3-5-11-8-9-19-16(11)14/h3,5,7,12-13H,1-2,4,6,8-10,17H2. The number of ether oxygens (including phenoxy) is 1. The minimum absolute atomic E-state index is 0.0921. The molecule has 1 aromatic carbocycles. The van der Waals surface area contributed by atoms with Crippen molar-refractivity contribution in [1.29, 1.82) is 0 Å². The smallest absolute Gasteiger partial charge is 0.169 e. The maximum absolute atomic E-state index is 12.8. The zero-order valence-electron chi connectivity index (χ0n) is 11.2. The summed E-state index contributed by atoms with van der Waals surface area (Å²) in [5, 5.41) is 0. The van der Waals surface area contributed by atoms with Gasteiger partial charge in [-0.05, 0) is 36.9 Å². The summed E-state index contributed by atoms with van der Waals surface area (Å²) in [6.45, 7) is 1.32. The summed E-state index contributed by atoms with van der Waals surface area (Å²) in [6.07, 6.45) is 5.33. The molecule has 0 aromatic heterocycles. The molecule has 0 spiro atoms. The summed E-state index contributed by atoms with van der Waals surface area (Å²) in [5.41, 5.74) is 7.79. The molecule has 1 heterocycles. The van der Waals surface area contributed by atoms with Gasteiger partial charge in [0.05, 0.1) is 12.2 Å². The number of fused-ring (bicyclic) bond motifs is 1. The molecule has 2 aliphatic rings. The molecule has 2 unspecified atom stereocenters. The minimum Gasteiger partial charge on any atom is -0.492 e. The number of Topliss-reactive ketones (excluding diaryl/α,β-unsaturated/α-hetero) is 1. The molecule has 0 bridgehead atoms. The number of carbonyl (C=O) groups excluding carboxylic acids is 1. The van der Waals surface area contributed by atoms with Gasteiger partial charge in [0.15, 0.2) is 5.78 Å². The summed E-state index contributed by atoms with van der Waals surface area (Å²) in [6, 6.07) is 5.94. The number of ketones is 1. The average Bonchev–Trinajstić information content (AvgIpc) is 2.94. The van der Waals surface area contributed by atoms with Gasteiger partial charge in [0.25, 0.3) is 0 Å². The Morgan fingerprint density at radius 3 is 3.00 bits per heavy atom. The van der Waals surface area contributed by atoms with E-state index in [1.807, 2.05) is 12.1 Å². The topological polar surface area (TPSA) is 52.3 Å². The Balaban J connectivity index is 1.89. The quantitative estimate of drug-likeness (QED) is 0.849. The molecule has 1 fully saturated rings. The molecule has 19 heavy (non-hydrogen) atoms. The van der Waals surface area contributed by atoms with Crippen molar-refractivity contribution in [3.8, 4) is 5.75 Å². The van der Waals surface area contributed by atoms with Gasteiger partial charge < -0.3 is 10.5 Å². The highest BCUT2D eigenvalue weighted by Gasteiger charge is 2.33. The largest absolute Gasteiger partial charge is 0.492 e. The van der Waals surface area contributed by atoms with Crippen LogP contribution in [0.5, 0.6) is 5.75 Å². The number of carbonyl (C=O) groups is 1. The fraction of sp³-hybridized carbons (Fsp3) is 0.562. The predicted octanol–water partition coefficient (Wildman–Crippen LogP) is 2.57. The van der Waals surface area contributed by atoms with Crippen molar-refractivity contribution in [2.24, 2.45) is 17.6 Å². The zero-order valence-corrected chi connectivity index (χ0v) is 11.2. The normalized spacial score (nSPS) is 25.7. The Labute approximate surface area is 114 Å². The van der Waals surface area contributed by atoms with E-state index in [2.05, 4.69) is 6.07 Å². The zero-order chi connectivity index (χ0) is 13.2. The highest BCUT2D eigenvalue weighted by molar-refractivity contribution is 6.01. The van der Waals surface area contributed by atoms with E-state index < -0.39 is 0 Å². The lowest BCUT2D eigenvalue weighted by molar-refractivity contribution is 0.0826. The number of rotatable bonds is 3. The molecule has 1 aliphatic heterocycles. The second-order valence-electron chi connectivity index (χ2n) is 5.64. The Morgan fingerprint density at radius 2 is 2.16 bits per heavy atom. The van der Waals surface area contributed by atoms with E-state index in [1.165, 1.54) is 12.0 Å². The maximum Gasteiger partial charge on any atom is 0.169 e. The van der Waals surface area contributed by atoms with Crippen LogP contribution in [0.2, 0.25) is 0 Å². The number of hydrogen-bond acceptors (Lipinski definition) is 3. The van der Waals surface area contributed by atoms with Crippen LogP contribution in [-0.4, -0.2) is 18.9 Å². The van der Waals surface area contributed by atoms with Crippen LogP contribution in [0.15, 0.2) is 18.2 Å². The summed E-state index contributed by atoms with van der Waals surface area (Å²) >= 11 is 0. The van der Waals surface area contributed by atoms with Crippen LogP contribution in [0.1, 0.15) is 41.6 Å². The van der Waals surface area contributed by atoms with Crippen LogP contribution in [-0.2, 0) is 6.42 Å². The number of para-hydroxylation sites is 1. The van der Waals surface area contributed by atoms with Crippen molar-refractivity contribution < 1.29 is 9.53 Å². The first-order valence-electron chi connectivity index (χ1n) is 7.30. The van der Waals surface area contributed by atoms with Gasteiger partial charge in [0, 0.05) is 12.3 Å². The summed E-state index contributed by atoms with van der Waals surface area (Å²) in [5.74, 6) is 1.51. The molecule has 102 valence electrons. The van der Waals surface area contributed by atoms with Crippen molar-refractivity contribution in [2.75, 3.05) is 13.2 Å². The highest BCUT2D eigenvalue weighted by Crippen LogP contribution is 2.36. The van der Waals surface area contributed by atoms with Crippen molar-refractivity contribution in [3.05, 3.63) is 29.3 Å². The second-order valence-corrected chi connectivity index (χ2v) is 5.64. The lowest BCUT2D eigenvalue weighted by atomic mass is 9.75. The van der Waals surface area contributed by atoms with Gasteiger partial charge >= 0.3 is 0 Å². The lowest BCUT2D eigenvalue weighted by Gasteiger charge is -2.29. The SMILES string of the molecule is NCC1CCCCC1C(=O)c1cccc2c1OCC2. The summed E-state index contributed by atoms with van der Waals surface area (Å²) in [7, 11) is 0. The first-order chi connectivity index (χ1) is 9.31. The molecule has 1 aromatic rings. The third kappa shape index (κ3) is 2.27. The number of hydrogen-bond donors (Lipinski definition) is 1. The first kappa shape index (κ1) is 12.7. The molecule has 3 rings (SSSR count). The van der Waals surface area contributed by atoms with Crippen molar-refractivity contribution in [1.82, 2.24) is 0 Å². The van der Waals surface area contributed by atoms with Gasteiger partial charge in [-0.1, -0.05) is 25.0 Å². The molecule has 3 nitrogen and oxygen atoms in total. The number of benzene rings is 1. The lowest BCUT2D eigenvalue weighted by Crippen LogP contribution is -2.32. The van der Waals surface area contributed by atoms with Crippen LogP contribution in [0.4, 0.5) is 0 Å². The van der Waals surface area contributed by atoms with Crippen LogP contribution in [0.25, 0.3) is 0 Å². The Hall–Kier alpha value is -1.35. The van der Waals surface area contributed by atoms with E-state index in [0.717, 1.165) is 37.0 Å². The van der Waals surface area contributed by atoms with Gasteiger partial charge in [-0.3, -0.25) is 4.79 Å². The molecule has 0 amide bonds. The third-order valence-corrected chi connectivity index (χ3v) is 4.53. The average molecular weight is 259 g/mol. The Morgan fingerprint density at radius 1 is 1.32 bits per heavy atom. The fourth-order valence-electron chi connectivity index (χ4n) is 3.44. The predicted molar refractivity (Wildman–Crippen MR) is 74.5 cm³/mol. The van der Waals surface area contributed by atoms with Crippen LogP contribution >= 0.6 is 0 Å². The molecule has 1 aliphatic carbocycles. The van der Waals surface area contributed by atoms with Crippen molar-refractivity contribution in [3.63, 3.8) is 0 Å². The molecule has 2 N–H and O–H groups in total. The van der Waals surface area contributed by atoms with Crippen molar-refractivity contribution in [2.45, 2.75) is 32.1 Å². The van der Waals surface area contributed by atoms with E-state index in [4.69, 9.17) is 10.5 Å². The molecular formula is C16H21NO2.